The first kappa shape index (κ1) is 24.6. The van der Waals surface area contributed by atoms with Gasteiger partial charge in [0, 0.05) is 22.9 Å². The van der Waals surface area contributed by atoms with Gasteiger partial charge in [-0.15, -0.1) is 0 Å². The van der Waals surface area contributed by atoms with Crippen LogP contribution in [0.15, 0.2) is 72.8 Å². The number of nitrogens with zero attached hydrogens (tertiary/aromatic N) is 2. The van der Waals surface area contributed by atoms with Crippen LogP contribution in [-0.2, 0) is 14.8 Å². The third kappa shape index (κ3) is 5.26. The highest BCUT2D eigenvalue weighted by molar-refractivity contribution is 7.93. The molecule has 1 saturated heterocycles. The molecule has 8 nitrogen and oxygen atoms in total. The summed E-state index contributed by atoms with van der Waals surface area (Å²) in [5.74, 6) is -0.358. The molecule has 35 heavy (non-hydrogen) atoms. The van der Waals surface area contributed by atoms with Gasteiger partial charge < -0.3 is 11.1 Å². The summed E-state index contributed by atoms with van der Waals surface area (Å²) in [6.45, 7) is 2.22. The van der Waals surface area contributed by atoms with Crippen LogP contribution in [0.4, 0.5) is 21.9 Å². The Morgan fingerprint density at radius 1 is 1.06 bits per heavy atom. The van der Waals surface area contributed by atoms with E-state index in [1.807, 2.05) is 6.07 Å². The number of hydrogen-bond acceptors (Lipinski definition) is 4. The molecular weight excluding hydrogens is 488 g/mol. The Balaban J connectivity index is 1.67. The molecule has 3 aromatic rings. The summed E-state index contributed by atoms with van der Waals surface area (Å²) < 4.78 is 26.0. The molecule has 3 aromatic carbocycles. The Morgan fingerprint density at radius 3 is 2.31 bits per heavy atom. The summed E-state index contributed by atoms with van der Waals surface area (Å²) in [6, 6.07) is 18.5. The number of urea groups is 1. The zero-order valence-corrected chi connectivity index (χ0v) is 20.6. The third-order valence-electron chi connectivity index (χ3n) is 5.80. The van der Waals surface area contributed by atoms with E-state index in [1.165, 1.54) is 9.21 Å². The SMILES string of the molecule is Cc1cc(NC(=O)[C@@H](c2ccccc2)N(C(N)=O)c2ccc(Cl)cc2)ccc1N1CCCS1(=O)=O. The first-order chi connectivity index (χ1) is 16.7. The van der Waals surface area contributed by atoms with Crippen molar-refractivity contribution >= 4 is 50.6 Å². The number of benzene rings is 3. The molecule has 1 atom stereocenters. The van der Waals surface area contributed by atoms with Gasteiger partial charge in [-0.3, -0.25) is 14.0 Å². The summed E-state index contributed by atoms with van der Waals surface area (Å²) in [5.41, 5.74) is 8.46. The number of rotatable bonds is 6. The van der Waals surface area contributed by atoms with E-state index in [1.54, 1.807) is 73.7 Å². The molecule has 3 N–H and O–H groups in total. The van der Waals surface area contributed by atoms with Crippen molar-refractivity contribution in [3.05, 3.63) is 88.9 Å². The molecule has 0 aliphatic carbocycles. The Labute approximate surface area is 209 Å². The predicted octanol–water partition coefficient (Wildman–Crippen LogP) is 4.45. The largest absolute Gasteiger partial charge is 0.351 e. The molecule has 0 unspecified atom stereocenters. The number of amides is 3. The van der Waals surface area contributed by atoms with Gasteiger partial charge in [0.2, 0.25) is 10.0 Å². The van der Waals surface area contributed by atoms with E-state index in [2.05, 4.69) is 5.32 Å². The van der Waals surface area contributed by atoms with Crippen molar-refractivity contribution < 1.29 is 18.0 Å². The van der Waals surface area contributed by atoms with Crippen LogP contribution in [0.5, 0.6) is 0 Å². The second-order valence-corrected chi connectivity index (χ2v) is 10.7. The van der Waals surface area contributed by atoms with Gasteiger partial charge in [0.1, 0.15) is 6.04 Å². The lowest BCUT2D eigenvalue weighted by atomic mass is 10.0. The van der Waals surface area contributed by atoms with Crippen LogP contribution in [0.1, 0.15) is 23.6 Å². The number of carbonyl (C=O) groups is 2. The van der Waals surface area contributed by atoms with Crippen LogP contribution in [0.2, 0.25) is 5.02 Å². The second-order valence-electron chi connectivity index (χ2n) is 8.23. The van der Waals surface area contributed by atoms with Crippen molar-refractivity contribution in [1.82, 2.24) is 0 Å². The number of carbonyl (C=O) groups excluding carboxylic acids is 2. The minimum atomic E-state index is -3.32. The zero-order chi connectivity index (χ0) is 25.2. The number of halogens is 1. The second kappa shape index (κ2) is 9.97. The standard InChI is InChI=1S/C25H25ClN4O4S/c1-17-16-20(10-13-22(17)29-14-5-15-35(29,33)34)28-24(31)23(18-6-3-2-4-7-18)30(25(27)32)21-11-8-19(26)9-12-21/h2-4,6-13,16,23H,5,14-15H2,1H3,(H2,27,32)(H,28,31)/t23-/m1/s1. The maximum atomic E-state index is 13.6. The number of nitrogens with two attached hydrogens (primary N) is 1. The zero-order valence-electron chi connectivity index (χ0n) is 19.0. The molecule has 0 bridgehead atoms. The lowest BCUT2D eigenvalue weighted by Gasteiger charge is -2.30. The minimum absolute atomic E-state index is 0.122. The van der Waals surface area contributed by atoms with Crippen LogP contribution in [0, 0.1) is 6.92 Å². The fourth-order valence-corrected chi connectivity index (χ4v) is 5.94. The van der Waals surface area contributed by atoms with Crippen molar-refractivity contribution in [3.63, 3.8) is 0 Å². The van der Waals surface area contributed by atoms with Gasteiger partial charge in [-0.1, -0.05) is 41.9 Å². The predicted molar refractivity (Wildman–Crippen MR) is 138 cm³/mol. The van der Waals surface area contributed by atoms with Gasteiger partial charge in [0.05, 0.1) is 11.4 Å². The highest BCUT2D eigenvalue weighted by atomic mass is 35.5. The van der Waals surface area contributed by atoms with E-state index in [4.69, 9.17) is 17.3 Å². The molecule has 0 aromatic heterocycles. The number of nitrogens with one attached hydrogen (secondary N) is 1. The van der Waals surface area contributed by atoms with Gasteiger partial charge in [-0.25, -0.2) is 13.2 Å². The van der Waals surface area contributed by atoms with Crippen LogP contribution in [-0.4, -0.2) is 32.7 Å². The van der Waals surface area contributed by atoms with E-state index >= 15 is 0 Å². The summed E-state index contributed by atoms with van der Waals surface area (Å²) >= 11 is 6.00. The molecule has 0 radical (unpaired) electrons. The molecule has 4 rings (SSSR count). The van der Waals surface area contributed by atoms with E-state index in [9.17, 15) is 18.0 Å². The van der Waals surface area contributed by atoms with E-state index < -0.39 is 28.0 Å². The highest BCUT2D eigenvalue weighted by Crippen LogP contribution is 2.32. The normalized spacial score (nSPS) is 15.4. The van der Waals surface area contributed by atoms with Gasteiger partial charge in [-0.05, 0) is 66.9 Å². The maximum absolute atomic E-state index is 13.6. The van der Waals surface area contributed by atoms with Crippen LogP contribution >= 0.6 is 11.6 Å². The lowest BCUT2D eigenvalue weighted by molar-refractivity contribution is -0.117. The summed E-state index contributed by atoms with van der Waals surface area (Å²) in [7, 11) is -3.32. The number of aryl methyl sites for hydroxylation is 1. The van der Waals surface area contributed by atoms with Crippen molar-refractivity contribution in [2.45, 2.75) is 19.4 Å². The topological polar surface area (TPSA) is 113 Å². The fourth-order valence-electron chi connectivity index (χ4n) is 4.19. The number of hydrogen-bond donors (Lipinski definition) is 2. The Morgan fingerprint density at radius 2 is 1.74 bits per heavy atom. The molecule has 1 aliphatic rings. The van der Waals surface area contributed by atoms with Crippen molar-refractivity contribution in [1.29, 1.82) is 0 Å². The average Bonchev–Trinajstić information content (AvgIpc) is 3.17. The fraction of sp³-hybridized carbons (Fsp3) is 0.200. The number of anilines is 3. The smallest absolute Gasteiger partial charge is 0.320 e. The van der Waals surface area contributed by atoms with E-state index in [0.29, 0.717) is 46.2 Å². The Bertz CT molecular complexity index is 1350. The first-order valence-corrected chi connectivity index (χ1v) is 13.0. The van der Waals surface area contributed by atoms with Gasteiger partial charge >= 0.3 is 6.03 Å². The van der Waals surface area contributed by atoms with Crippen LogP contribution in [0.3, 0.4) is 0 Å². The molecule has 3 amide bonds. The first-order valence-electron chi connectivity index (χ1n) is 11.0. The van der Waals surface area contributed by atoms with Crippen molar-refractivity contribution in [3.8, 4) is 0 Å². The molecule has 1 heterocycles. The Hall–Kier alpha value is -3.56. The monoisotopic (exact) mass is 512 g/mol. The third-order valence-corrected chi connectivity index (χ3v) is 7.90. The molecule has 0 saturated carbocycles. The highest BCUT2D eigenvalue weighted by Gasteiger charge is 2.32. The summed E-state index contributed by atoms with van der Waals surface area (Å²) in [4.78, 5) is 27.3. The molecule has 1 aliphatic heterocycles. The summed E-state index contributed by atoms with van der Waals surface area (Å²) in [5, 5.41) is 3.33. The maximum Gasteiger partial charge on any atom is 0.320 e. The van der Waals surface area contributed by atoms with Crippen LogP contribution < -0.4 is 20.3 Å². The van der Waals surface area contributed by atoms with E-state index in [-0.39, 0.29) is 5.75 Å². The molecule has 0 spiro atoms. The van der Waals surface area contributed by atoms with Crippen molar-refractivity contribution in [2.75, 3.05) is 26.8 Å². The van der Waals surface area contributed by atoms with E-state index in [0.717, 1.165) is 0 Å². The van der Waals surface area contributed by atoms with Gasteiger partial charge in [0.25, 0.3) is 5.91 Å². The lowest BCUT2D eigenvalue weighted by Crippen LogP contribution is -2.44. The van der Waals surface area contributed by atoms with Crippen molar-refractivity contribution in [2.24, 2.45) is 5.73 Å². The van der Waals surface area contributed by atoms with Gasteiger partial charge in [0.15, 0.2) is 0 Å². The summed E-state index contributed by atoms with van der Waals surface area (Å²) in [6.07, 6.45) is 0.576. The quantitative estimate of drug-likeness (QED) is 0.507. The molecular formula is C25H25ClN4O4S. The molecule has 10 heteroatoms. The molecule has 182 valence electrons. The average molecular weight is 513 g/mol. The Kier molecular flexibility index (Phi) is 7.00. The number of sulfonamides is 1. The molecule has 1 fully saturated rings. The number of primary amides is 1. The van der Waals surface area contributed by atoms with Gasteiger partial charge in [-0.2, -0.15) is 0 Å². The van der Waals surface area contributed by atoms with Crippen LogP contribution in [0.25, 0.3) is 0 Å². The minimum Gasteiger partial charge on any atom is -0.351 e.